The third-order valence-electron chi connectivity index (χ3n) is 2.92. The molecular weight excluding hydrogens is 236 g/mol. The van der Waals surface area contributed by atoms with Gasteiger partial charge in [-0.25, -0.2) is 14.3 Å². The molecule has 2 aromatic rings. The molecule has 0 spiro atoms. The van der Waals surface area contributed by atoms with E-state index in [0.29, 0.717) is 18.9 Å². The highest BCUT2D eigenvalue weighted by Crippen LogP contribution is 2.16. The topological polar surface area (TPSA) is 80.0 Å². The molecule has 1 saturated heterocycles. The molecule has 3 heterocycles. The molecule has 7 heteroatoms. The average molecular weight is 248 g/mol. The number of fused-ring (bicyclic) bond motifs is 1. The molecular formula is C11H12N4O3. The number of morpholine rings is 1. The lowest BCUT2D eigenvalue weighted by atomic mass is 10.3. The summed E-state index contributed by atoms with van der Waals surface area (Å²) in [5.74, 6) is -0.259. The number of aromatic nitrogens is 3. The van der Waals surface area contributed by atoms with E-state index in [1.165, 1.54) is 10.7 Å². The maximum atomic E-state index is 11.0. The fourth-order valence-electron chi connectivity index (χ4n) is 1.98. The van der Waals surface area contributed by atoms with E-state index < -0.39 is 5.97 Å². The smallest absolute Gasteiger partial charge is 0.341 e. The van der Waals surface area contributed by atoms with Crippen LogP contribution in [0.5, 0.6) is 0 Å². The van der Waals surface area contributed by atoms with E-state index in [4.69, 9.17) is 9.84 Å². The van der Waals surface area contributed by atoms with Crippen LogP contribution in [0.15, 0.2) is 18.5 Å². The van der Waals surface area contributed by atoms with E-state index >= 15 is 0 Å². The number of ether oxygens (including phenoxy) is 1. The van der Waals surface area contributed by atoms with Crippen molar-refractivity contribution in [2.24, 2.45) is 0 Å². The molecule has 94 valence electrons. The fraction of sp³-hybridized carbons (Fsp3) is 0.364. The van der Waals surface area contributed by atoms with E-state index in [9.17, 15) is 4.79 Å². The van der Waals surface area contributed by atoms with Crippen LogP contribution >= 0.6 is 0 Å². The molecule has 0 atom stereocenters. The summed E-state index contributed by atoms with van der Waals surface area (Å²) in [5.41, 5.74) is 0.483. The van der Waals surface area contributed by atoms with Crippen LogP contribution < -0.4 is 4.90 Å². The zero-order chi connectivity index (χ0) is 12.5. The minimum atomic E-state index is -1.02. The summed E-state index contributed by atoms with van der Waals surface area (Å²) in [6.07, 6.45) is 3.04. The van der Waals surface area contributed by atoms with Gasteiger partial charge in [-0.05, 0) is 6.07 Å². The van der Waals surface area contributed by atoms with Gasteiger partial charge in [-0.1, -0.05) is 0 Å². The first-order valence-corrected chi connectivity index (χ1v) is 5.66. The average Bonchev–Trinajstić information content (AvgIpc) is 2.82. The van der Waals surface area contributed by atoms with Gasteiger partial charge in [-0.3, -0.25) is 0 Å². The van der Waals surface area contributed by atoms with E-state index in [1.807, 2.05) is 6.07 Å². The minimum Gasteiger partial charge on any atom is -0.477 e. The van der Waals surface area contributed by atoms with Crippen molar-refractivity contribution < 1.29 is 14.6 Å². The van der Waals surface area contributed by atoms with Gasteiger partial charge in [0.15, 0.2) is 5.65 Å². The largest absolute Gasteiger partial charge is 0.477 e. The predicted molar refractivity (Wildman–Crippen MR) is 63.0 cm³/mol. The van der Waals surface area contributed by atoms with E-state index in [2.05, 4.69) is 15.0 Å². The molecule has 1 fully saturated rings. The molecule has 18 heavy (non-hydrogen) atoms. The highest BCUT2D eigenvalue weighted by Gasteiger charge is 2.16. The quantitative estimate of drug-likeness (QED) is 0.821. The van der Waals surface area contributed by atoms with Gasteiger partial charge in [0.05, 0.1) is 19.4 Å². The second-order valence-corrected chi connectivity index (χ2v) is 4.02. The van der Waals surface area contributed by atoms with Gasteiger partial charge in [0.2, 0.25) is 0 Å². The molecule has 0 unspecified atom stereocenters. The van der Waals surface area contributed by atoms with E-state index in [0.717, 1.165) is 18.9 Å². The summed E-state index contributed by atoms with van der Waals surface area (Å²) in [7, 11) is 0. The number of carbonyl (C=O) groups is 1. The Balaban J connectivity index is 2.03. The van der Waals surface area contributed by atoms with Gasteiger partial charge < -0.3 is 14.7 Å². The fourth-order valence-corrected chi connectivity index (χ4v) is 1.98. The number of anilines is 1. The Hall–Kier alpha value is -2.15. The Morgan fingerprint density at radius 2 is 2.17 bits per heavy atom. The maximum Gasteiger partial charge on any atom is 0.341 e. The summed E-state index contributed by atoms with van der Waals surface area (Å²) in [5, 5.41) is 13.0. The summed E-state index contributed by atoms with van der Waals surface area (Å²) < 4.78 is 6.74. The van der Waals surface area contributed by atoms with Gasteiger partial charge in [0.1, 0.15) is 11.4 Å². The van der Waals surface area contributed by atoms with Crippen LogP contribution in [0.2, 0.25) is 0 Å². The molecule has 0 bridgehead atoms. The summed E-state index contributed by atoms with van der Waals surface area (Å²) in [6, 6.07) is 1.83. The number of aromatic carboxylic acids is 1. The number of carboxylic acids is 1. The first kappa shape index (κ1) is 11.0. The lowest BCUT2D eigenvalue weighted by Gasteiger charge is -2.27. The van der Waals surface area contributed by atoms with Crippen LogP contribution in [-0.2, 0) is 4.74 Å². The van der Waals surface area contributed by atoms with Gasteiger partial charge >= 0.3 is 5.97 Å². The van der Waals surface area contributed by atoms with Crippen molar-refractivity contribution in [3.63, 3.8) is 0 Å². The van der Waals surface area contributed by atoms with Crippen LogP contribution in [-0.4, -0.2) is 52.0 Å². The molecule has 7 nitrogen and oxygen atoms in total. The molecule has 0 saturated carbocycles. The summed E-state index contributed by atoms with van der Waals surface area (Å²) in [4.78, 5) is 17.5. The molecule has 3 rings (SSSR count). The van der Waals surface area contributed by atoms with Crippen LogP contribution in [0.4, 0.5) is 5.82 Å². The van der Waals surface area contributed by atoms with Crippen molar-refractivity contribution in [2.45, 2.75) is 0 Å². The van der Waals surface area contributed by atoms with Crippen LogP contribution in [0, 0.1) is 0 Å². The Bertz CT molecular complexity index is 589. The van der Waals surface area contributed by atoms with Crippen molar-refractivity contribution in [1.82, 2.24) is 14.6 Å². The first-order chi connectivity index (χ1) is 8.75. The van der Waals surface area contributed by atoms with Gasteiger partial charge in [0, 0.05) is 19.3 Å². The summed E-state index contributed by atoms with van der Waals surface area (Å²) >= 11 is 0. The SMILES string of the molecule is O=C(O)c1cnn2ccc(N3CCOCC3)nc12. The third-order valence-corrected chi connectivity index (χ3v) is 2.92. The second kappa shape index (κ2) is 4.26. The van der Waals surface area contributed by atoms with E-state index in [-0.39, 0.29) is 5.56 Å². The molecule has 0 aromatic carbocycles. The number of carboxylic acid groups (broad SMARTS) is 1. The zero-order valence-electron chi connectivity index (χ0n) is 9.61. The molecule has 1 aliphatic heterocycles. The normalized spacial score (nSPS) is 16.1. The van der Waals surface area contributed by atoms with E-state index in [1.54, 1.807) is 6.20 Å². The second-order valence-electron chi connectivity index (χ2n) is 4.02. The molecule has 0 aliphatic carbocycles. The lowest BCUT2D eigenvalue weighted by molar-refractivity contribution is 0.0698. The zero-order valence-corrected chi connectivity index (χ0v) is 9.61. The number of nitrogens with zero attached hydrogens (tertiary/aromatic N) is 4. The molecule has 1 aliphatic rings. The number of hydrogen-bond acceptors (Lipinski definition) is 5. The molecule has 2 aromatic heterocycles. The Labute approximate surface area is 103 Å². The Morgan fingerprint density at radius 1 is 1.39 bits per heavy atom. The van der Waals surface area contributed by atoms with Gasteiger partial charge in [-0.15, -0.1) is 0 Å². The monoisotopic (exact) mass is 248 g/mol. The van der Waals surface area contributed by atoms with Gasteiger partial charge in [0.25, 0.3) is 0 Å². The van der Waals surface area contributed by atoms with Crippen LogP contribution in [0.1, 0.15) is 10.4 Å². The number of hydrogen-bond donors (Lipinski definition) is 1. The molecule has 0 amide bonds. The van der Waals surface area contributed by atoms with Crippen LogP contribution in [0.3, 0.4) is 0 Å². The maximum absolute atomic E-state index is 11.0. The minimum absolute atomic E-state index is 0.116. The first-order valence-electron chi connectivity index (χ1n) is 5.66. The lowest BCUT2D eigenvalue weighted by Crippen LogP contribution is -2.36. The van der Waals surface area contributed by atoms with Crippen molar-refractivity contribution in [3.8, 4) is 0 Å². The number of rotatable bonds is 2. The Morgan fingerprint density at radius 3 is 2.89 bits per heavy atom. The van der Waals surface area contributed by atoms with Crippen molar-refractivity contribution in [1.29, 1.82) is 0 Å². The predicted octanol–water partition coefficient (Wildman–Crippen LogP) is 0.264. The Kier molecular flexibility index (Phi) is 2.60. The standard InChI is InChI=1S/C11H12N4O3/c16-11(17)8-7-12-15-2-1-9(13-10(8)15)14-3-5-18-6-4-14/h1-2,7H,3-6H2,(H,16,17). The molecule has 0 radical (unpaired) electrons. The van der Waals surface area contributed by atoms with Crippen LogP contribution in [0.25, 0.3) is 5.65 Å². The third kappa shape index (κ3) is 1.78. The van der Waals surface area contributed by atoms with Crippen molar-refractivity contribution in [2.75, 3.05) is 31.2 Å². The van der Waals surface area contributed by atoms with Gasteiger partial charge in [-0.2, -0.15) is 5.10 Å². The van der Waals surface area contributed by atoms with Crippen molar-refractivity contribution in [3.05, 3.63) is 24.0 Å². The van der Waals surface area contributed by atoms with Crippen molar-refractivity contribution >= 4 is 17.4 Å². The molecule has 1 N–H and O–H groups in total. The summed E-state index contributed by atoms with van der Waals surface area (Å²) in [6.45, 7) is 2.86. The highest BCUT2D eigenvalue weighted by molar-refractivity contribution is 5.94. The highest BCUT2D eigenvalue weighted by atomic mass is 16.5.